The molecule has 1 heterocycles. The molecule has 1 amide bonds. The summed E-state index contributed by atoms with van der Waals surface area (Å²) in [5.41, 5.74) is 1.61. The minimum atomic E-state index is -0.454. The molecule has 1 aliphatic rings. The van der Waals surface area contributed by atoms with Gasteiger partial charge in [0.15, 0.2) is 6.29 Å². The van der Waals surface area contributed by atoms with Crippen molar-refractivity contribution in [3.05, 3.63) is 29.6 Å². The monoisotopic (exact) mass is 281 g/mol. The Bertz CT molecular complexity index is 472. The molecule has 1 aliphatic heterocycles. The second kappa shape index (κ2) is 6.81. The Hall–Kier alpha value is -1.46. The number of halogens is 1. The highest BCUT2D eigenvalue weighted by Gasteiger charge is 2.27. The molecule has 0 aromatic heterocycles. The fourth-order valence-electron chi connectivity index (χ4n) is 2.40. The van der Waals surface area contributed by atoms with Crippen LogP contribution in [0.15, 0.2) is 18.2 Å². The number of aryl methyl sites for hydroxylation is 1. The number of benzene rings is 1. The summed E-state index contributed by atoms with van der Waals surface area (Å²) in [5, 5.41) is 0. The van der Waals surface area contributed by atoms with E-state index in [1.807, 2.05) is 13.8 Å². The smallest absolute Gasteiger partial charge is 0.227 e. The average Bonchev–Trinajstić information content (AvgIpc) is 2.42. The number of carbonyl (C=O) groups is 1. The van der Waals surface area contributed by atoms with Gasteiger partial charge < -0.3 is 14.4 Å². The summed E-state index contributed by atoms with van der Waals surface area (Å²) in [6.07, 6.45) is 0.516. The van der Waals surface area contributed by atoms with Crippen LogP contribution in [0.25, 0.3) is 0 Å². The summed E-state index contributed by atoms with van der Waals surface area (Å²) in [7, 11) is 0. The largest absolute Gasteiger partial charge is 0.351 e. The van der Waals surface area contributed by atoms with Gasteiger partial charge in [0.2, 0.25) is 5.91 Å². The zero-order valence-corrected chi connectivity index (χ0v) is 11.9. The molecule has 0 saturated heterocycles. The lowest BCUT2D eigenvalue weighted by Gasteiger charge is -2.32. The van der Waals surface area contributed by atoms with Gasteiger partial charge in [-0.1, -0.05) is 0 Å². The fraction of sp³-hybridized carbons (Fsp3) is 0.533. The number of hydrogen-bond acceptors (Lipinski definition) is 3. The van der Waals surface area contributed by atoms with E-state index in [2.05, 4.69) is 0 Å². The third-order valence-electron chi connectivity index (χ3n) is 3.28. The number of hydrogen-bond donors (Lipinski definition) is 0. The lowest BCUT2D eigenvalue weighted by molar-refractivity contribution is -0.136. The first-order chi connectivity index (χ1) is 9.65. The molecule has 1 aromatic rings. The van der Waals surface area contributed by atoms with Crippen molar-refractivity contribution in [1.82, 2.24) is 0 Å². The highest BCUT2D eigenvalue weighted by molar-refractivity contribution is 5.96. The molecule has 0 atom stereocenters. The second-order valence-corrected chi connectivity index (χ2v) is 4.62. The molecular formula is C15H20FNO3. The Morgan fingerprint density at radius 2 is 1.95 bits per heavy atom. The van der Waals surface area contributed by atoms with Crippen LogP contribution in [-0.4, -0.2) is 32.0 Å². The Morgan fingerprint density at radius 3 is 2.60 bits per heavy atom. The number of anilines is 1. The second-order valence-electron chi connectivity index (χ2n) is 4.62. The van der Waals surface area contributed by atoms with E-state index in [1.54, 1.807) is 11.0 Å². The van der Waals surface area contributed by atoms with Crippen LogP contribution < -0.4 is 4.90 Å². The predicted molar refractivity (Wildman–Crippen MR) is 74.1 cm³/mol. The summed E-state index contributed by atoms with van der Waals surface area (Å²) < 4.78 is 24.2. The fourth-order valence-corrected chi connectivity index (χ4v) is 2.40. The van der Waals surface area contributed by atoms with Gasteiger partial charge in [-0.15, -0.1) is 0 Å². The number of rotatable bonds is 6. The van der Waals surface area contributed by atoms with Gasteiger partial charge in [-0.2, -0.15) is 0 Å². The molecular weight excluding hydrogens is 261 g/mol. The van der Waals surface area contributed by atoms with Gasteiger partial charge in [-0.05, 0) is 44.0 Å². The van der Waals surface area contributed by atoms with Gasteiger partial charge in [0.05, 0.1) is 6.54 Å². The summed E-state index contributed by atoms with van der Waals surface area (Å²) >= 11 is 0. The Morgan fingerprint density at radius 1 is 1.25 bits per heavy atom. The molecule has 4 nitrogen and oxygen atoms in total. The van der Waals surface area contributed by atoms with Crippen LogP contribution in [0.4, 0.5) is 10.1 Å². The molecule has 0 fully saturated rings. The summed E-state index contributed by atoms with van der Waals surface area (Å²) in [6.45, 7) is 5.13. The van der Waals surface area contributed by atoms with Crippen molar-refractivity contribution in [3.63, 3.8) is 0 Å². The lowest BCUT2D eigenvalue weighted by Crippen LogP contribution is -2.42. The molecule has 0 bridgehead atoms. The molecule has 1 aromatic carbocycles. The van der Waals surface area contributed by atoms with Crippen molar-refractivity contribution < 1.29 is 18.7 Å². The maximum absolute atomic E-state index is 13.3. The first kappa shape index (κ1) is 14.9. The molecule has 110 valence electrons. The zero-order chi connectivity index (χ0) is 14.5. The van der Waals surface area contributed by atoms with Crippen LogP contribution in [0.2, 0.25) is 0 Å². The lowest BCUT2D eigenvalue weighted by atomic mass is 10.0. The van der Waals surface area contributed by atoms with Crippen LogP contribution in [0.3, 0.4) is 0 Å². The molecule has 0 spiro atoms. The molecule has 0 N–H and O–H groups in total. The van der Waals surface area contributed by atoms with Gasteiger partial charge in [0.1, 0.15) is 5.82 Å². The summed E-state index contributed by atoms with van der Waals surface area (Å²) in [5.74, 6) is -0.252. The van der Waals surface area contributed by atoms with Gasteiger partial charge in [0, 0.05) is 25.3 Å². The normalized spacial score (nSPS) is 14.8. The summed E-state index contributed by atoms with van der Waals surface area (Å²) in [6, 6.07) is 4.52. The first-order valence-corrected chi connectivity index (χ1v) is 6.97. The molecule has 0 unspecified atom stereocenters. The van der Waals surface area contributed by atoms with E-state index < -0.39 is 6.29 Å². The Kier molecular flexibility index (Phi) is 5.09. The van der Waals surface area contributed by atoms with E-state index in [-0.39, 0.29) is 11.7 Å². The Labute approximate surface area is 118 Å². The van der Waals surface area contributed by atoms with Crippen LogP contribution in [0, 0.1) is 5.82 Å². The average molecular weight is 281 g/mol. The van der Waals surface area contributed by atoms with Crippen LogP contribution in [0.5, 0.6) is 0 Å². The molecule has 20 heavy (non-hydrogen) atoms. The van der Waals surface area contributed by atoms with E-state index in [9.17, 15) is 9.18 Å². The maximum atomic E-state index is 13.3. The number of carbonyl (C=O) groups excluding carboxylic acids is 1. The van der Waals surface area contributed by atoms with E-state index in [4.69, 9.17) is 9.47 Å². The highest BCUT2D eigenvalue weighted by atomic mass is 19.1. The number of fused-ring (bicyclic) bond motifs is 1. The first-order valence-electron chi connectivity index (χ1n) is 6.97. The van der Waals surface area contributed by atoms with Crippen molar-refractivity contribution in [2.45, 2.75) is 33.0 Å². The van der Waals surface area contributed by atoms with Crippen LogP contribution >= 0.6 is 0 Å². The number of nitrogens with zero attached hydrogens (tertiary/aromatic N) is 1. The van der Waals surface area contributed by atoms with E-state index >= 15 is 0 Å². The van der Waals surface area contributed by atoms with Crippen molar-refractivity contribution in [2.24, 2.45) is 0 Å². The van der Waals surface area contributed by atoms with E-state index in [0.29, 0.717) is 32.6 Å². The van der Waals surface area contributed by atoms with Gasteiger partial charge in [0.25, 0.3) is 0 Å². The third kappa shape index (κ3) is 3.35. The standard InChI is InChI=1S/C15H20FNO3/c1-3-19-15(20-4-2)10-17-13-7-6-12(16)9-11(13)5-8-14(17)18/h6-7,9,15H,3-5,8,10H2,1-2H3. The van der Waals surface area contributed by atoms with Crippen LogP contribution in [0.1, 0.15) is 25.8 Å². The SMILES string of the molecule is CCOC(CN1C(=O)CCc2cc(F)ccc21)OCC. The predicted octanol–water partition coefficient (Wildman–Crippen LogP) is 2.50. The van der Waals surface area contributed by atoms with Gasteiger partial charge in [-0.25, -0.2) is 4.39 Å². The van der Waals surface area contributed by atoms with E-state index in [0.717, 1.165) is 11.3 Å². The molecule has 0 saturated carbocycles. The molecule has 0 aliphatic carbocycles. The maximum Gasteiger partial charge on any atom is 0.227 e. The Balaban J connectivity index is 2.20. The molecule has 0 radical (unpaired) electrons. The number of amides is 1. The summed E-state index contributed by atoms with van der Waals surface area (Å²) in [4.78, 5) is 13.7. The third-order valence-corrected chi connectivity index (χ3v) is 3.28. The molecule has 5 heteroatoms. The van der Waals surface area contributed by atoms with E-state index in [1.165, 1.54) is 12.1 Å². The van der Waals surface area contributed by atoms with Crippen molar-refractivity contribution in [3.8, 4) is 0 Å². The van der Waals surface area contributed by atoms with Gasteiger partial charge in [-0.3, -0.25) is 4.79 Å². The highest BCUT2D eigenvalue weighted by Crippen LogP contribution is 2.28. The quantitative estimate of drug-likeness (QED) is 0.752. The van der Waals surface area contributed by atoms with Gasteiger partial charge >= 0.3 is 0 Å². The zero-order valence-electron chi connectivity index (χ0n) is 11.9. The van der Waals surface area contributed by atoms with Crippen molar-refractivity contribution >= 4 is 11.6 Å². The minimum absolute atomic E-state index is 0.0218. The van der Waals surface area contributed by atoms with Crippen LogP contribution in [-0.2, 0) is 20.7 Å². The molecule has 2 rings (SSSR count). The number of ether oxygens (including phenoxy) is 2. The van der Waals surface area contributed by atoms with Crippen molar-refractivity contribution in [1.29, 1.82) is 0 Å². The van der Waals surface area contributed by atoms with Crippen molar-refractivity contribution in [2.75, 3.05) is 24.7 Å². The minimum Gasteiger partial charge on any atom is -0.351 e. The topological polar surface area (TPSA) is 38.8 Å².